The first-order valence-corrected chi connectivity index (χ1v) is 13.8. The monoisotopic (exact) mass is 518 g/mol. The Morgan fingerprint density at radius 3 is 2.57 bits per heavy atom. The number of carbonyl (C=O) groups is 2. The van der Waals surface area contributed by atoms with Crippen LogP contribution in [0.3, 0.4) is 0 Å². The third-order valence-corrected chi connectivity index (χ3v) is 7.83. The summed E-state index contributed by atoms with van der Waals surface area (Å²) in [4.78, 5) is 30.3. The number of fused-ring (bicyclic) bond motifs is 3. The quantitative estimate of drug-likeness (QED) is 0.456. The Labute approximate surface area is 217 Å². The first-order chi connectivity index (χ1) is 16.8. The van der Waals surface area contributed by atoms with Gasteiger partial charge in [0.15, 0.2) is 0 Å². The van der Waals surface area contributed by atoms with Gasteiger partial charge < -0.3 is 10.2 Å². The van der Waals surface area contributed by atoms with Gasteiger partial charge in [-0.2, -0.15) is 0 Å². The molecular weight excluding hydrogens is 483 g/mol. The van der Waals surface area contributed by atoms with Gasteiger partial charge in [0.1, 0.15) is 11.9 Å². The van der Waals surface area contributed by atoms with Crippen LogP contribution >= 0.6 is 22.9 Å². The number of thiophene rings is 1. The normalized spacial score (nSPS) is 23.7. The summed E-state index contributed by atoms with van der Waals surface area (Å²) in [7, 11) is 0. The highest BCUT2D eigenvalue weighted by molar-refractivity contribution is 7.19. The van der Waals surface area contributed by atoms with Gasteiger partial charge in [-0.15, -0.1) is 11.3 Å². The molecule has 4 nitrogen and oxygen atoms in total. The molecule has 2 amide bonds. The first-order valence-electron chi connectivity index (χ1n) is 12.6. The van der Waals surface area contributed by atoms with Gasteiger partial charge in [0.25, 0.3) is 0 Å². The van der Waals surface area contributed by atoms with Crippen LogP contribution in [0.25, 0.3) is 10.1 Å². The molecule has 4 rings (SSSR count). The van der Waals surface area contributed by atoms with Crippen molar-refractivity contribution >= 4 is 44.8 Å². The van der Waals surface area contributed by atoms with Crippen LogP contribution < -0.4 is 5.32 Å². The van der Waals surface area contributed by atoms with Crippen LogP contribution in [-0.4, -0.2) is 28.8 Å². The number of allylic oxidation sites excluding steroid dienone is 3. The molecule has 1 aliphatic carbocycles. The van der Waals surface area contributed by atoms with Crippen molar-refractivity contribution in [3.05, 3.63) is 57.7 Å². The lowest BCUT2D eigenvalue weighted by molar-refractivity contribution is -0.145. The molecule has 2 aliphatic rings. The minimum Gasteiger partial charge on any atom is -0.352 e. The largest absolute Gasteiger partial charge is 0.352 e. The number of hydrogen-bond donors (Lipinski definition) is 1. The lowest BCUT2D eigenvalue weighted by Crippen LogP contribution is -2.50. The Morgan fingerprint density at radius 1 is 1.23 bits per heavy atom. The van der Waals surface area contributed by atoms with Gasteiger partial charge >= 0.3 is 0 Å². The fourth-order valence-corrected chi connectivity index (χ4v) is 6.21. The number of benzene rings is 1. The Kier molecular flexibility index (Phi) is 9.54. The molecule has 2 aromatic rings. The average molecular weight is 519 g/mol. The molecule has 2 heterocycles. The zero-order chi connectivity index (χ0) is 25.7. The first kappa shape index (κ1) is 27.4. The molecule has 7 heteroatoms. The van der Waals surface area contributed by atoms with Gasteiger partial charge in [-0.3, -0.25) is 9.59 Å². The van der Waals surface area contributed by atoms with Crippen LogP contribution in [0.15, 0.2) is 42.3 Å². The highest BCUT2D eigenvalue weighted by atomic mass is 35.5. The van der Waals surface area contributed by atoms with Crippen molar-refractivity contribution in [3.8, 4) is 0 Å². The van der Waals surface area contributed by atoms with E-state index in [1.54, 1.807) is 17.9 Å². The van der Waals surface area contributed by atoms with Crippen LogP contribution in [0.5, 0.6) is 0 Å². The Bertz CT molecular complexity index is 1120. The van der Waals surface area contributed by atoms with Crippen molar-refractivity contribution < 1.29 is 14.0 Å². The van der Waals surface area contributed by atoms with Crippen LogP contribution in [0.1, 0.15) is 76.8 Å². The molecule has 2 atom stereocenters. The summed E-state index contributed by atoms with van der Waals surface area (Å²) in [5.74, 6) is -1.28. The van der Waals surface area contributed by atoms with Crippen molar-refractivity contribution in [2.45, 2.75) is 84.8 Å². The number of nitrogens with one attached hydrogen (secondary N) is 1. The summed E-state index contributed by atoms with van der Waals surface area (Å²) in [6.07, 6.45) is 8.60. The number of nitrogens with zero attached hydrogens (tertiary/aromatic N) is 1. The predicted octanol–water partition coefficient (Wildman–Crippen LogP) is 7.52. The lowest BCUT2D eigenvalue weighted by Gasteiger charge is -2.38. The Balaban J connectivity index is 0.00000167. The summed E-state index contributed by atoms with van der Waals surface area (Å²) in [6, 6.07) is 4.71. The molecule has 1 aliphatic heterocycles. The minimum atomic E-state index is -0.796. The van der Waals surface area contributed by atoms with Gasteiger partial charge in [0.2, 0.25) is 11.8 Å². The van der Waals surface area contributed by atoms with Crippen LogP contribution in [-0.2, 0) is 16.0 Å². The predicted molar refractivity (Wildman–Crippen MR) is 145 cm³/mol. The summed E-state index contributed by atoms with van der Waals surface area (Å²) in [5, 5.41) is 4.47. The maximum absolute atomic E-state index is 14.6. The van der Waals surface area contributed by atoms with E-state index in [0.29, 0.717) is 11.4 Å². The number of rotatable bonds is 3. The van der Waals surface area contributed by atoms with Crippen molar-refractivity contribution in [2.75, 3.05) is 0 Å². The highest BCUT2D eigenvalue weighted by Gasteiger charge is 2.41. The fraction of sp³-hybridized carbons (Fsp3) is 0.500. The molecule has 1 saturated carbocycles. The highest BCUT2D eigenvalue weighted by Crippen LogP contribution is 2.43. The second kappa shape index (κ2) is 12.2. The zero-order valence-corrected chi connectivity index (χ0v) is 22.8. The maximum atomic E-state index is 14.6. The van der Waals surface area contributed by atoms with Crippen LogP contribution in [0.4, 0.5) is 4.39 Å². The van der Waals surface area contributed by atoms with E-state index in [2.05, 4.69) is 5.32 Å². The molecule has 0 radical (unpaired) electrons. The molecular formula is C28H36ClFN2O2S. The molecule has 0 spiro atoms. The van der Waals surface area contributed by atoms with Crippen molar-refractivity contribution in [2.24, 2.45) is 5.92 Å². The maximum Gasteiger partial charge on any atom is 0.247 e. The van der Waals surface area contributed by atoms with E-state index in [1.807, 2.05) is 45.9 Å². The number of hydrogen-bond acceptors (Lipinski definition) is 3. The van der Waals surface area contributed by atoms with Crippen LogP contribution in [0, 0.1) is 5.92 Å². The third-order valence-electron chi connectivity index (χ3n) is 6.38. The third kappa shape index (κ3) is 6.15. The van der Waals surface area contributed by atoms with Gasteiger partial charge in [0.05, 0.1) is 5.92 Å². The van der Waals surface area contributed by atoms with Gasteiger partial charge in [-0.25, -0.2) is 4.39 Å². The molecule has 35 heavy (non-hydrogen) atoms. The van der Waals surface area contributed by atoms with Crippen molar-refractivity contribution in [3.63, 3.8) is 0 Å². The van der Waals surface area contributed by atoms with E-state index in [0.717, 1.165) is 46.2 Å². The standard InChI is InChI=1S/C26H30ClFN2O2S.C2H6/c1-15(2)29-25(31)24-23-20-14-17(27)9-12-21(20)33-22(23)13-11-18(28)10-8-16(3)26(32)30(24)19-6-4-5-7-19;1-2/h8-12,14-16,19,24H,4-7,13H2,1-3H3,(H,29,31);1-2H3/b10-8-,18-11+;. The zero-order valence-electron chi connectivity index (χ0n) is 21.2. The molecule has 0 bridgehead atoms. The fourth-order valence-electron chi connectivity index (χ4n) is 4.86. The van der Waals surface area contributed by atoms with E-state index in [-0.39, 0.29) is 29.7 Å². The molecule has 1 aromatic carbocycles. The van der Waals surface area contributed by atoms with Gasteiger partial charge in [0, 0.05) is 44.1 Å². The van der Waals surface area contributed by atoms with Crippen LogP contribution in [0.2, 0.25) is 5.02 Å². The summed E-state index contributed by atoms with van der Waals surface area (Å²) >= 11 is 7.90. The van der Waals surface area contributed by atoms with E-state index in [1.165, 1.54) is 23.5 Å². The second-order valence-electron chi connectivity index (χ2n) is 9.27. The van der Waals surface area contributed by atoms with E-state index in [4.69, 9.17) is 11.6 Å². The lowest BCUT2D eigenvalue weighted by atomic mass is 9.95. The van der Waals surface area contributed by atoms with Crippen molar-refractivity contribution in [1.29, 1.82) is 0 Å². The summed E-state index contributed by atoms with van der Waals surface area (Å²) in [5.41, 5.74) is 0.772. The second-order valence-corrected chi connectivity index (χ2v) is 10.8. The van der Waals surface area contributed by atoms with E-state index in [9.17, 15) is 14.0 Å². The average Bonchev–Trinajstić information content (AvgIpc) is 3.47. The Morgan fingerprint density at radius 2 is 1.91 bits per heavy atom. The minimum absolute atomic E-state index is 0.0307. The molecule has 1 fully saturated rings. The molecule has 1 N–H and O–H groups in total. The number of carbonyl (C=O) groups excluding carboxylic acids is 2. The molecule has 0 saturated heterocycles. The topological polar surface area (TPSA) is 49.4 Å². The molecule has 1 aromatic heterocycles. The smallest absolute Gasteiger partial charge is 0.247 e. The molecule has 190 valence electrons. The Hall–Kier alpha value is -2.18. The van der Waals surface area contributed by atoms with Crippen molar-refractivity contribution in [1.82, 2.24) is 10.2 Å². The van der Waals surface area contributed by atoms with Gasteiger partial charge in [-0.05, 0) is 57.0 Å². The summed E-state index contributed by atoms with van der Waals surface area (Å²) < 4.78 is 15.5. The van der Waals surface area contributed by atoms with E-state index >= 15 is 0 Å². The van der Waals surface area contributed by atoms with E-state index < -0.39 is 12.0 Å². The van der Waals surface area contributed by atoms with Gasteiger partial charge in [-0.1, -0.05) is 51.3 Å². The number of amides is 2. The SMILES string of the molecule is CC.CC(C)NC(=O)C1c2c(sc3ccc(Cl)cc23)C/C=C(F)\C=C/C(C)C(=O)N1C1CCCC1. The summed E-state index contributed by atoms with van der Waals surface area (Å²) in [6.45, 7) is 9.60. The number of halogens is 2. The molecule has 2 unspecified atom stereocenters.